The van der Waals surface area contributed by atoms with Crippen LogP contribution >= 0.6 is 11.6 Å². The third-order valence-corrected chi connectivity index (χ3v) is 7.28. The van der Waals surface area contributed by atoms with Crippen LogP contribution in [0.3, 0.4) is 0 Å². The molecule has 3 unspecified atom stereocenters. The fourth-order valence-electron chi connectivity index (χ4n) is 4.31. The summed E-state index contributed by atoms with van der Waals surface area (Å²) in [5, 5.41) is 17.6. The molecule has 1 saturated heterocycles. The van der Waals surface area contributed by atoms with Gasteiger partial charge in [-0.3, -0.25) is 4.79 Å². The fourth-order valence-corrected chi connectivity index (χ4v) is 4.50. The SMILES string of the molecule is CCC(O)(CC1CCC(C)N1)c1ccc(Cl)c(OC)c1.CNC(=O)COc1ccc(C)c(C)c1C. The highest BCUT2D eigenvalue weighted by Crippen LogP contribution is 2.36. The minimum Gasteiger partial charge on any atom is -0.495 e. The van der Waals surface area contributed by atoms with Crippen LogP contribution in [0.5, 0.6) is 11.5 Å². The molecule has 1 fully saturated rings. The molecular weight excluding hydrogens is 464 g/mol. The van der Waals surface area contributed by atoms with E-state index in [0.717, 1.165) is 29.7 Å². The van der Waals surface area contributed by atoms with Crippen molar-refractivity contribution in [3.63, 3.8) is 0 Å². The van der Waals surface area contributed by atoms with E-state index >= 15 is 0 Å². The van der Waals surface area contributed by atoms with E-state index in [1.54, 1.807) is 20.2 Å². The first kappa shape index (κ1) is 29.0. The van der Waals surface area contributed by atoms with Gasteiger partial charge in [0.25, 0.3) is 5.91 Å². The third kappa shape index (κ3) is 7.86. The van der Waals surface area contributed by atoms with Gasteiger partial charge in [0, 0.05) is 19.1 Å². The summed E-state index contributed by atoms with van der Waals surface area (Å²) in [5.74, 6) is 1.28. The standard InChI is InChI=1S/C16H24ClNO2.C12H17NO2/c1-4-16(19,10-13-7-5-11(2)18-13)12-6-8-14(17)15(9-12)20-3;1-8-5-6-11(10(3)9(8)2)15-7-12(14)13-4/h6,8-9,11,13,18-19H,4-5,7,10H2,1-3H3;5-6H,7H2,1-4H3,(H,13,14). The molecule has 3 N–H and O–H groups in total. The second kappa shape index (κ2) is 13.1. The van der Waals surface area contributed by atoms with E-state index in [1.807, 2.05) is 38.1 Å². The monoisotopic (exact) mass is 504 g/mol. The molecule has 7 heteroatoms. The molecular formula is C28H41ClN2O4. The summed E-state index contributed by atoms with van der Waals surface area (Å²) in [6.07, 6.45) is 3.69. The lowest BCUT2D eigenvalue weighted by molar-refractivity contribution is -0.122. The molecule has 3 atom stereocenters. The zero-order valence-electron chi connectivity index (χ0n) is 22.1. The molecule has 6 nitrogen and oxygen atoms in total. The first-order valence-electron chi connectivity index (χ1n) is 12.3. The zero-order valence-corrected chi connectivity index (χ0v) is 22.9. The summed E-state index contributed by atoms with van der Waals surface area (Å²) in [7, 11) is 3.19. The number of hydrogen-bond donors (Lipinski definition) is 3. The van der Waals surface area contributed by atoms with E-state index in [2.05, 4.69) is 31.4 Å². The summed E-state index contributed by atoms with van der Waals surface area (Å²) in [6.45, 7) is 10.4. The predicted octanol–water partition coefficient (Wildman–Crippen LogP) is 5.21. The highest BCUT2D eigenvalue weighted by Gasteiger charge is 2.33. The molecule has 0 aliphatic carbocycles. The maximum atomic E-state index is 11.0. The van der Waals surface area contributed by atoms with Crippen molar-refractivity contribution in [1.82, 2.24) is 10.6 Å². The quantitative estimate of drug-likeness (QED) is 0.459. The summed E-state index contributed by atoms with van der Waals surface area (Å²) in [6, 6.07) is 10.4. The van der Waals surface area contributed by atoms with Gasteiger partial charge in [0.1, 0.15) is 11.5 Å². The summed E-state index contributed by atoms with van der Waals surface area (Å²) in [5.41, 5.74) is 3.59. The molecule has 1 heterocycles. The molecule has 1 aliphatic rings. The highest BCUT2D eigenvalue weighted by molar-refractivity contribution is 6.32. The number of aliphatic hydroxyl groups is 1. The van der Waals surface area contributed by atoms with Gasteiger partial charge < -0.3 is 25.2 Å². The Kier molecular flexibility index (Phi) is 10.9. The average molecular weight is 505 g/mol. The number of carbonyl (C=O) groups is 1. The molecule has 0 aromatic heterocycles. The molecule has 35 heavy (non-hydrogen) atoms. The van der Waals surface area contributed by atoms with Crippen LogP contribution in [-0.2, 0) is 10.4 Å². The van der Waals surface area contributed by atoms with Crippen molar-refractivity contribution in [2.45, 2.75) is 78.0 Å². The molecule has 0 saturated carbocycles. The lowest BCUT2D eigenvalue weighted by Crippen LogP contribution is -2.36. The van der Waals surface area contributed by atoms with Crippen LogP contribution in [0.4, 0.5) is 0 Å². The molecule has 2 aromatic rings. The maximum Gasteiger partial charge on any atom is 0.257 e. The normalized spacial score (nSPS) is 18.8. The van der Waals surface area contributed by atoms with Crippen LogP contribution in [-0.4, -0.2) is 43.9 Å². The summed E-state index contributed by atoms with van der Waals surface area (Å²) < 4.78 is 10.7. The van der Waals surface area contributed by atoms with Crippen LogP contribution < -0.4 is 20.1 Å². The Morgan fingerprint density at radius 1 is 1.17 bits per heavy atom. The molecule has 1 aliphatic heterocycles. The number of halogens is 1. The first-order chi connectivity index (χ1) is 16.5. The van der Waals surface area contributed by atoms with E-state index in [4.69, 9.17) is 21.1 Å². The summed E-state index contributed by atoms with van der Waals surface area (Å²) >= 11 is 6.06. The topological polar surface area (TPSA) is 79.8 Å². The minimum absolute atomic E-state index is 0.0693. The van der Waals surface area contributed by atoms with Crippen molar-refractivity contribution in [1.29, 1.82) is 0 Å². The number of benzene rings is 2. The Hall–Kier alpha value is -2.28. The lowest BCUT2D eigenvalue weighted by atomic mass is 9.84. The van der Waals surface area contributed by atoms with Crippen molar-refractivity contribution >= 4 is 17.5 Å². The number of likely N-dealkylation sites (N-methyl/N-ethyl adjacent to an activating group) is 1. The van der Waals surface area contributed by atoms with E-state index in [1.165, 1.54) is 17.5 Å². The highest BCUT2D eigenvalue weighted by atomic mass is 35.5. The van der Waals surface area contributed by atoms with Crippen molar-refractivity contribution in [3.05, 3.63) is 57.6 Å². The van der Waals surface area contributed by atoms with Crippen molar-refractivity contribution in [2.75, 3.05) is 20.8 Å². The number of hydrogen-bond acceptors (Lipinski definition) is 5. The first-order valence-corrected chi connectivity index (χ1v) is 12.6. The van der Waals surface area contributed by atoms with Crippen molar-refractivity contribution in [2.24, 2.45) is 0 Å². The second-order valence-electron chi connectivity index (χ2n) is 9.37. The molecule has 0 spiro atoms. The van der Waals surface area contributed by atoms with Gasteiger partial charge in [0.2, 0.25) is 0 Å². The van der Waals surface area contributed by atoms with E-state index in [9.17, 15) is 9.90 Å². The Balaban J connectivity index is 0.000000258. The van der Waals surface area contributed by atoms with Crippen LogP contribution in [0.15, 0.2) is 30.3 Å². The van der Waals surface area contributed by atoms with Gasteiger partial charge in [-0.15, -0.1) is 0 Å². The third-order valence-electron chi connectivity index (χ3n) is 6.97. The van der Waals surface area contributed by atoms with Gasteiger partial charge in [-0.05, 0) is 93.8 Å². The average Bonchev–Trinajstić information content (AvgIpc) is 3.26. The van der Waals surface area contributed by atoms with E-state index < -0.39 is 5.60 Å². The number of amides is 1. The Bertz CT molecular complexity index is 997. The number of aryl methyl sites for hydroxylation is 1. The summed E-state index contributed by atoms with van der Waals surface area (Å²) in [4.78, 5) is 11.0. The molecule has 3 rings (SSSR count). The second-order valence-corrected chi connectivity index (χ2v) is 9.78. The number of rotatable bonds is 8. The molecule has 0 radical (unpaired) electrons. The van der Waals surface area contributed by atoms with Crippen LogP contribution in [0.25, 0.3) is 0 Å². The zero-order chi connectivity index (χ0) is 26.2. The van der Waals surface area contributed by atoms with Gasteiger partial charge in [0.15, 0.2) is 6.61 Å². The van der Waals surface area contributed by atoms with Crippen LogP contribution in [0, 0.1) is 20.8 Å². The number of methoxy groups -OCH3 is 1. The predicted molar refractivity (Wildman–Crippen MR) is 143 cm³/mol. The Morgan fingerprint density at radius 3 is 2.46 bits per heavy atom. The molecule has 1 amide bonds. The number of carbonyl (C=O) groups excluding carboxylic acids is 1. The number of ether oxygens (including phenoxy) is 2. The largest absolute Gasteiger partial charge is 0.495 e. The van der Waals surface area contributed by atoms with Crippen LogP contribution in [0.1, 0.15) is 61.8 Å². The Labute approximate surface area is 215 Å². The minimum atomic E-state index is -0.834. The van der Waals surface area contributed by atoms with E-state index in [0.29, 0.717) is 29.3 Å². The van der Waals surface area contributed by atoms with E-state index in [-0.39, 0.29) is 12.5 Å². The van der Waals surface area contributed by atoms with Gasteiger partial charge in [-0.25, -0.2) is 0 Å². The molecule has 2 aromatic carbocycles. The lowest BCUT2D eigenvalue weighted by Gasteiger charge is -2.31. The maximum absolute atomic E-state index is 11.0. The van der Waals surface area contributed by atoms with Crippen molar-refractivity contribution < 1.29 is 19.4 Å². The van der Waals surface area contributed by atoms with Gasteiger partial charge in [-0.1, -0.05) is 30.7 Å². The van der Waals surface area contributed by atoms with Gasteiger partial charge >= 0.3 is 0 Å². The molecule has 194 valence electrons. The van der Waals surface area contributed by atoms with Crippen LogP contribution in [0.2, 0.25) is 5.02 Å². The number of nitrogens with one attached hydrogen (secondary N) is 2. The van der Waals surface area contributed by atoms with Gasteiger partial charge in [0.05, 0.1) is 17.7 Å². The molecule has 0 bridgehead atoms. The van der Waals surface area contributed by atoms with Gasteiger partial charge in [-0.2, -0.15) is 0 Å². The fraction of sp³-hybridized carbons (Fsp3) is 0.536. The Morgan fingerprint density at radius 2 is 1.89 bits per heavy atom. The van der Waals surface area contributed by atoms with Crippen molar-refractivity contribution in [3.8, 4) is 11.5 Å². The smallest absolute Gasteiger partial charge is 0.257 e.